The molecule has 0 aromatic carbocycles. The minimum absolute atomic E-state index is 0.153. The van der Waals surface area contributed by atoms with Gasteiger partial charge in [0, 0.05) is 12.5 Å². The molecule has 1 heterocycles. The van der Waals surface area contributed by atoms with Crippen LogP contribution in [0.5, 0.6) is 0 Å². The van der Waals surface area contributed by atoms with Gasteiger partial charge in [-0.1, -0.05) is 0 Å². The van der Waals surface area contributed by atoms with Gasteiger partial charge in [-0.3, -0.25) is 0 Å². The molecule has 18 heavy (non-hydrogen) atoms. The lowest BCUT2D eigenvalue weighted by molar-refractivity contribution is 0.0269. The van der Waals surface area contributed by atoms with Crippen molar-refractivity contribution in [2.24, 2.45) is 5.92 Å². The lowest BCUT2D eigenvalue weighted by Crippen LogP contribution is -2.35. The van der Waals surface area contributed by atoms with E-state index < -0.39 is 11.7 Å². The summed E-state index contributed by atoms with van der Waals surface area (Å²) in [4.78, 5) is 15.6. The number of likely N-dealkylation sites (tertiary alicyclic amines) is 1. The van der Waals surface area contributed by atoms with Crippen molar-refractivity contribution >= 4 is 6.09 Å². The molecule has 5 heteroatoms. The molecule has 0 saturated carbocycles. The summed E-state index contributed by atoms with van der Waals surface area (Å²) in [6, 6.07) is 0. The van der Waals surface area contributed by atoms with E-state index in [0.29, 0.717) is 13.1 Å². The van der Waals surface area contributed by atoms with Crippen molar-refractivity contribution in [3.63, 3.8) is 0 Å². The van der Waals surface area contributed by atoms with Gasteiger partial charge in [0.2, 0.25) is 0 Å². The third kappa shape index (κ3) is 4.82. The van der Waals surface area contributed by atoms with E-state index in [-0.39, 0.29) is 12.0 Å². The van der Waals surface area contributed by atoms with Crippen molar-refractivity contribution in [1.29, 1.82) is 0 Å². The van der Waals surface area contributed by atoms with Crippen LogP contribution in [-0.2, 0) is 4.74 Å². The van der Waals surface area contributed by atoms with E-state index in [0.717, 1.165) is 13.0 Å². The van der Waals surface area contributed by atoms with E-state index in [4.69, 9.17) is 4.74 Å². The Labute approximate surface area is 110 Å². The van der Waals surface area contributed by atoms with Crippen LogP contribution in [-0.4, -0.2) is 66.4 Å². The summed E-state index contributed by atoms with van der Waals surface area (Å²) in [6.45, 7) is 7.43. The third-order valence-electron chi connectivity index (χ3n) is 3.01. The largest absolute Gasteiger partial charge is 0.444 e. The zero-order valence-corrected chi connectivity index (χ0v) is 12.1. The maximum atomic E-state index is 11.9. The molecule has 0 aliphatic carbocycles. The predicted molar refractivity (Wildman–Crippen MR) is 70.5 cm³/mol. The van der Waals surface area contributed by atoms with E-state index in [9.17, 15) is 9.90 Å². The molecule has 106 valence electrons. The number of aliphatic hydroxyl groups is 1. The third-order valence-corrected chi connectivity index (χ3v) is 3.01. The van der Waals surface area contributed by atoms with Crippen molar-refractivity contribution in [3.8, 4) is 0 Å². The fraction of sp³-hybridized carbons (Fsp3) is 0.923. The molecular weight excluding hydrogens is 232 g/mol. The van der Waals surface area contributed by atoms with Gasteiger partial charge in [0.05, 0.1) is 12.6 Å². The van der Waals surface area contributed by atoms with E-state index in [1.807, 2.05) is 34.9 Å². The van der Waals surface area contributed by atoms with Gasteiger partial charge in [-0.25, -0.2) is 4.79 Å². The average molecular weight is 258 g/mol. The fourth-order valence-corrected chi connectivity index (χ4v) is 2.04. The van der Waals surface area contributed by atoms with Crippen LogP contribution in [0.2, 0.25) is 0 Å². The predicted octanol–water partition coefficient (Wildman–Crippen LogP) is 1.17. The molecule has 1 N–H and O–H groups in total. The number of β-amino-alcohol motifs (C(OH)–C–C–N with tert-alkyl or cyclic N) is 1. The zero-order valence-electron chi connectivity index (χ0n) is 12.1. The molecule has 2 atom stereocenters. The van der Waals surface area contributed by atoms with Crippen molar-refractivity contribution in [2.45, 2.75) is 38.9 Å². The molecule has 5 nitrogen and oxygen atoms in total. The number of carbonyl (C=O) groups is 1. The number of hydrogen-bond donors (Lipinski definition) is 1. The van der Waals surface area contributed by atoms with Crippen molar-refractivity contribution in [3.05, 3.63) is 0 Å². The number of rotatable bonds is 3. The first-order valence-corrected chi connectivity index (χ1v) is 6.50. The average Bonchev–Trinajstić information content (AvgIpc) is 2.54. The summed E-state index contributed by atoms with van der Waals surface area (Å²) >= 11 is 0. The van der Waals surface area contributed by atoms with E-state index in [1.165, 1.54) is 0 Å². The Morgan fingerprint density at radius 2 is 2.00 bits per heavy atom. The Kier molecular flexibility index (Phi) is 4.99. The molecule has 0 spiro atoms. The van der Waals surface area contributed by atoms with Crippen LogP contribution < -0.4 is 0 Å². The van der Waals surface area contributed by atoms with E-state index in [1.54, 1.807) is 4.90 Å². The number of carbonyl (C=O) groups excluding carboxylic acids is 1. The summed E-state index contributed by atoms with van der Waals surface area (Å²) in [5, 5.41) is 9.95. The van der Waals surface area contributed by atoms with Gasteiger partial charge in [0.1, 0.15) is 5.60 Å². The second-order valence-electron chi connectivity index (χ2n) is 6.30. The van der Waals surface area contributed by atoms with Crippen molar-refractivity contribution in [2.75, 3.05) is 33.7 Å². The Morgan fingerprint density at radius 1 is 1.39 bits per heavy atom. The lowest BCUT2D eigenvalue weighted by atomic mass is 10.0. The van der Waals surface area contributed by atoms with Crippen LogP contribution in [0, 0.1) is 5.92 Å². The summed E-state index contributed by atoms with van der Waals surface area (Å²) in [7, 11) is 4.01. The minimum Gasteiger partial charge on any atom is -0.444 e. The van der Waals surface area contributed by atoms with Gasteiger partial charge in [0.25, 0.3) is 0 Å². The van der Waals surface area contributed by atoms with Crippen molar-refractivity contribution in [1.82, 2.24) is 9.80 Å². The Bertz CT molecular complexity index is 286. The fourth-order valence-electron chi connectivity index (χ4n) is 2.04. The Balaban J connectivity index is 2.45. The second-order valence-corrected chi connectivity index (χ2v) is 6.30. The molecule has 1 fully saturated rings. The van der Waals surface area contributed by atoms with Crippen LogP contribution in [0.1, 0.15) is 27.2 Å². The molecule has 0 radical (unpaired) electrons. The van der Waals surface area contributed by atoms with Crippen LogP contribution in [0.3, 0.4) is 0 Å². The maximum Gasteiger partial charge on any atom is 0.410 e. The van der Waals surface area contributed by atoms with E-state index in [2.05, 4.69) is 4.90 Å². The molecule has 0 aromatic heterocycles. The summed E-state index contributed by atoms with van der Waals surface area (Å²) < 4.78 is 5.31. The highest BCUT2D eigenvalue weighted by Crippen LogP contribution is 2.22. The van der Waals surface area contributed by atoms with Crippen LogP contribution >= 0.6 is 0 Å². The summed E-state index contributed by atoms with van der Waals surface area (Å²) in [5.41, 5.74) is -0.482. The van der Waals surface area contributed by atoms with Gasteiger partial charge in [-0.15, -0.1) is 0 Å². The van der Waals surface area contributed by atoms with Crippen molar-refractivity contribution < 1.29 is 14.6 Å². The first-order chi connectivity index (χ1) is 8.19. The monoisotopic (exact) mass is 258 g/mol. The maximum absolute atomic E-state index is 11.9. The number of aliphatic hydroxyl groups excluding tert-OH is 1. The summed E-state index contributed by atoms with van der Waals surface area (Å²) in [6.07, 6.45) is 0.138. The van der Waals surface area contributed by atoms with Gasteiger partial charge in [-0.2, -0.15) is 0 Å². The van der Waals surface area contributed by atoms with Gasteiger partial charge < -0.3 is 19.6 Å². The van der Waals surface area contributed by atoms with Gasteiger partial charge in [-0.05, 0) is 47.8 Å². The number of nitrogens with zero attached hydrogens (tertiary/aromatic N) is 2. The van der Waals surface area contributed by atoms with Gasteiger partial charge in [0.15, 0.2) is 0 Å². The highest BCUT2D eigenvalue weighted by molar-refractivity contribution is 5.68. The molecule has 1 amide bonds. The lowest BCUT2D eigenvalue weighted by Gasteiger charge is -2.24. The second kappa shape index (κ2) is 5.89. The standard InChI is InChI=1S/C13H26N2O3/c1-13(2,3)18-12(17)15-8-10(11(16)9-15)6-7-14(4)5/h10-11,16H,6-9H2,1-5H3/t10-,11-/m0/s1. The molecule has 1 saturated heterocycles. The van der Waals surface area contributed by atoms with E-state index >= 15 is 0 Å². The quantitative estimate of drug-likeness (QED) is 0.825. The van der Waals surface area contributed by atoms with Crippen LogP contribution in [0.4, 0.5) is 4.79 Å². The topological polar surface area (TPSA) is 53.0 Å². The van der Waals surface area contributed by atoms with Gasteiger partial charge >= 0.3 is 6.09 Å². The minimum atomic E-state index is -0.482. The molecule has 1 aliphatic rings. The molecular formula is C13H26N2O3. The van der Waals surface area contributed by atoms with Crippen LogP contribution in [0.25, 0.3) is 0 Å². The molecule has 1 rings (SSSR count). The number of ether oxygens (including phenoxy) is 1. The molecule has 0 unspecified atom stereocenters. The molecule has 1 aliphatic heterocycles. The first-order valence-electron chi connectivity index (χ1n) is 6.50. The SMILES string of the molecule is CN(C)CC[C@H]1CN(C(=O)OC(C)(C)C)C[C@@H]1O. The number of hydrogen-bond acceptors (Lipinski definition) is 4. The van der Waals surface area contributed by atoms with Crippen LogP contribution in [0.15, 0.2) is 0 Å². The Hall–Kier alpha value is -0.810. The Morgan fingerprint density at radius 3 is 2.50 bits per heavy atom. The summed E-state index contributed by atoms with van der Waals surface area (Å²) in [5.74, 6) is 0.153. The molecule has 0 bridgehead atoms. The number of amides is 1. The first kappa shape index (κ1) is 15.2. The highest BCUT2D eigenvalue weighted by atomic mass is 16.6. The highest BCUT2D eigenvalue weighted by Gasteiger charge is 2.35. The molecule has 0 aromatic rings. The smallest absolute Gasteiger partial charge is 0.410 e. The normalized spacial score (nSPS) is 24.7. The zero-order chi connectivity index (χ0) is 13.9.